The fourth-order valence-electron chi connectivity index (χ4n) is 21.2. The van der Waals surface area contributed by atoms with Gasteiger partial charge >= 0.3 is 0 Å². The molecule has 0 saturated heterocycles. The maximum atomic E-state index is 5.58. The molecular formula is C116H84N4. The predicted molar refractivity (Wildman–Crippen MR) is 503 cm³/mol. The number of rotatable bonds is 8. The number of aromatic nitrogens is 4. The van der Waals surface area contributed by atoms with E-state index >= 15 is 0 Å². The average Bonchev–Trinajstić information content (AvgIpc) is 1.71. The molecule has 4 heteroatoms. The number of para-hydroxylation sites is 2. The van der Waals surface area contributed by atoms with E-state index in [-0.39, 0.29) is 21.7 Å². The molecule has 120 heavy (non-hydrogen) atoms. The quantitative estimate of drug-likeness (QED) is 0.142. The normalized spacial score (nSPS) is 14.3. The summed E-state index contributed by atoms with van der Waals surface area (Å²) in [6.07, 6.45) is 3.78. The maximum Gasteiger partial charge on any atom is 0.0794 e. The molecule has 4 nitrogen and oxygen atoms in total. The van der Waals surface area contributed by atoms with Crippen molar-refractivity contribution in [1.29, 1.82) is 0 Å². The van der Waals surface area contributed by atoms with Crippen LogP contribution in [-0.2, 0) is 21.7 Å². The first-order chi connectivity index (χ1) is 58.5. The lowest BCUT2D eigenvalue weighted by Gasteiger charge is -2.23. The van der Waals surface area contributed by atoms with Crippen LogP contribution in [0.15, 0.2) is 364 Å². The molecule has 0 radical (unpaired) electrons. The van der Waals surface area contributed by atoms with Crippen molar-refractivity contribution in [3.05, 3.63) is 409 Å². The van der Waals surface area contributed by atoms with E-state index in [0.717, 1.165) is 93.6 Å². The van der Waals surface area contributed by atoms with Gasteiger partial charge in [0.05, 0.1) is 33.5 Å². The van der Waals surface area contributed by atoms with Crippen LogP contribution in [0.3, 0.4) is 0 Å². The number of nitrogens with zero attached hydrogens (tertiary/aromatic N) is 4. The van der Waals surface area contributed by atoms with Crippen molar-refractivity contribution in [2.45, 2.75) is 77.0 Å². The van der Waals surface area contributed by atoms with Gasteiger partial charge in [0.25, 0.3) is 0 Å². The third-order valence-electron chi connectivity index (χ3n) is 27.5. The van der Waals surface area contributed by atoms with Crippen LogP contribution >= 0.6 is 0 Å². The van der Waals surface area contributed by atoms with E-state index < -0.39 is 0 Å². The molecule has 0 unspecified atom stereocenters. The zero-order chi connectivity index (χ0) is 80.7. The SMILES string of the molecule is CC1(C)c2ccccc2-c2ccc(-c3cc4c(-c5ccc6c(c5)C(C)(C)c5ccccc5-6)cc(-c5ccc(-c6cccc7cccnc67)cc5)nc4c4ccccc34)cc21.CC1(C)c2ccccc2-c2ccc(-c3cc4c(-c5ccc6c(c5)C(C)(C)c5ccccc5-6)cc(-c5ccc(-c6ccnc7ccccc67)cc5)nc4c4ccccc34)cc21. The first kappa shape index (κ1) is 71.0. The van der Waals surface area contributed by atoms with Gasteiger partial charge in [0.15, 0.2) is 0 Å². The second-order valence-electron chi connectivity index (χ2n) is 35.5. The molecule has 4 aliphatic rings. The number of benzene rings is 16. The lowest BCUT2D eigenvalue weighted by molar-refractivity contribution is 0.660. The second-order valence-corrected chi connectivity index (χ2v) is 35.5. The fourth-order valence-corrected chi connectivity index (χ4v) is 21.2. The van der Waals surface area contributed by atoms with Crippen molar-refractivity contribution in [2.75, 3.05) is 0 Å². The van der Waals surface area contributed by atoms with Crippen molar-refractivity contribution < 1.29 is 0 Å². The van der Waals surface area contributed by atoms with Crippen LogP contribution in [-0.4, -0.2) is 19.9 Å². The van der Waals surface area contributed by atoms with E-state index in [0.29, 0.717) is 0 Å². The highest BCUT2D eigenvalue weighted by Crippen LogP contribution is 2.56. The predicted octanol–water partition coefficient (Wildman–Crippen LogP) is 30.4. The van der Waals surface area contributed by atoms with Gasteiger partial charge < -0.3 is 0 Å². The molecule has 0 saturated carbocycles. The first-order valence-corrected chi connectivity index (χ1v) is 42.1. The third kappa shape index (κ3) is 10.8. The third-order valence-corrected chi connectivity index (χ3v) is 27.5. The largest absolute Gasteiger partial charge is 0.256 e. The molecule has 0 fully saturated rings. The van der Waals surface area contributed by atoms with E-state index in [9.17, 15) is 0 Å². The van der Waals surface area contributed by atoms with Gasteiger partial charge in [-0.1, -0.05) is 341 Å². The molecule has 0 bridgehead atoms. The van der Waals surface area contributed by atoms with Crippen molar-refractivity contribution in [3.8, 4) is 134 Å². The summed E-state index contributed by atoms with van der Waals surface area (Å²) in [6.45, 7) is 18.9. The van der Waals surface area contributed by atoms with Crippen molar-refractivity contribution in [1.82, 2.24) is 19.9 Å². The molecule has 4 aromatic heterocycles. The van der Waals surface area contributed by atoms with Gasteiger partial charge in [-0.15, -0.1) is 0 Å². The minimum atomic E-state index is -0.118. The van der Waals surface area contributed by atoms with Crippen molar-refractivity contribution in [3.63, 3.8) is 0 Å². The lowest BCUT2D eigenvalue weighted by atomic mass is 9.81. The molecule has 4 heterocycles. The number of fused-ring (bicyclic) bond motifs is 20. The summed E-state index contributed by atoms with van der Waals surface area (Å²) in [7, 11) is 0. The summed E-state index contributed by atoms with van der Waals surface area (Å²) in [5.41, 5.74) is 43.7. The van der Waals surface area contributed by atoms with Gasteiger partial charge in [0, 0.05) is 83.1 Å². The summed E-state index contributed by atoms with van der Waals surface area (Å²) in [5, 5.41) is 9.33. The summed E-state index contributed by atoms with van der Waals surface area (Å²) in [5.74, 6) is 0. The van der Waals surface area contributed by atoms with Crippen molar-refractivity contribution >= 4 is 65.2 Å². The Hall–Kier alpha value is -14.3. The Bertz CT molecular complexity index is 7290. The van der Waals surface area contributed by atoms with Crippen LogP contribution in [0.5, 0.6) is 0 Å². The smallest absolute Gasteiger partial charge is 0.0794 e. The summed E-state index contributed by atoms with van der Waals surface area (Å²) in [4.78, 5) is 20.5. The Kier molecular flexibility index (Phi) is 15.7. The van der Waals surface area contributed by atoms with Gasteiger partial charge in [-0.05, 0) is 228 Å². The zero-order valence-electron chi connectivity index (χ0n) is 68.4. The van der Waals surface area contributed by atoms with Crippen LogP contribution in [0.4, 0.5) is 0 Å². The minimum absolute atomic E-state index is 0.0922. The van der Waals surface area contributed by atoms with Gasteiger partial charge in [0.1, 0.15) is 0 Å². The van der Waals surface area contributed by atoms with Crippen LogP contribution < -0.4 is 0 Å². The second kappa shape index (κ2) is 26.6. The van der Waals surface area contributed by atoms with E-state index in [1.165, 1.54) is 150 Å². The highest BCUT2D eigenvalue weighted by atomic mass is 14.7. The Morgan fingerprint density at radius 1 is 0.175 bits per heavy atom. The monoisotopic (exact) mass is 1530 g/mol. The zero-order valence-corrected chi connectivity index (χ0v) is 68.4. The molecule has 0 amide bonds. The molecule has 568 valence electrons. The first-order valence-electron chi connectivity index (χ1n) is 42.1. The molecule has 0 spiro atoms. The van der Waals surface area contributed by atoms with Crippen LogP contribution in [0.1, 0.15) is 99.9 Å². The Morgan fingerprint density at radius 2 is 0.492 bits per heavy atom. The van der Waals surface area contributed by atoms with Crippen LogP contribution in [0.25, 0.3) is 199 Å². The molecule has 4 aliphatic carbocycles. The summed E-state index contributed by atoms with van der Waals surface area (Å²) in [6, 6.07) is 130. The molecule has 0 N–H and O–H groups in total. The molecule has 0 aliphatic heterocycles. The van der Waals surface area contributed by atoms with Crippen molar-refractivity contribution in [2.24, 2.45) is 0 Å². The maximum absolute atomic E-state index is 5.58. The molecular weight excluding hydrogens is 1450 g/mol. The Labute approximate surface area is 700 Å². The average molecular weight is 1530 g/mol. The molecule has 20 aromatic rings. The molecule has 24 rings (SSSR count). The van der Waals surface area contributed by atoms with Crippen LogP contribution in [0.2, 0.25) is 0 Å². The van der Waals surface area contributed by atoms with Gasteiger partial charge in [-0.25, -0.2) is 9.97 Å². The van der Waals surface area contributed by atoms with E-state index in [1.54, 1.807) is 0 Å². The van der Waals surface area contributed by atoms with Gasteiger partial charge in [-0.3, -0.25) is 9.97 Å². The molecule has 0 atom stereocenters. The fraction of sp³-hybridized carbons (Fsp3) is 0.103. The van der Waals surface area contributed by atoms with Gasteiger partial charge in [-0.2, -0.15) is 0 Å². The standard InChI is InChI=1S/2C58H42N2/c1-57(2)50-18-10-7-14-41(50)43-27-25-37(31-52(43)57)47-33-49-48(38-26-28-44-42-15-8-11-19-51(42)58(3,4)53(44)32-38)34-55(60-56(49)46-17-6-5-13-40(46)47)36-23-21-35(22-24-36)39-29-30-59-54-20-12-9-16-45(39)54;1-57(2)50-20-9-7-16-42(50)44-28-26-38(31-52(44)57)47-33-49-48(39-27-29-45-43-17-8-10-21-51(43)58(3,4)53(45)32-39)34-54(60-56(49)46-18-6-5-15-41(46)47)36-24-22-35(23-25-36)40-19-11-13-37-14-12-30-59-55(37)40/h2*5-34H,1-4H3. The van der Waals surface area contributed by atoms with E-state index in [4.69, 9.17) is 15.0 Å². The summed E-state index contributed by atoms with van der Waals surface area (Å²) < 4.78 is 0. The van der Waals surface area contributed by atoms with E-state index in [2.05, 4.69) is 400 Å². The Balaban J connectivity index is 0.000000140. The number of hydrogen-bond donors (Lipinski definition) is 0. The summed E-state index contributed by atoms with van der Waals surface area (Å²) >= 11 is 0. The highest BCUT2D eigenvalue weighted by molar-refractivity contribution is 6.18. The Morgan fingerprint density at radius 3 is 0.908 bits per heavy atom. The number of hydrogen-bond acceptors (Lipinski definition) is 4. The number of pyridine rings is 4. The molecule has 16 aromatic carbocycles. The van der Waals surface area contributed by atoms with E-state index in [1.807, 2.05) is 24.5 Å². The van der Waals surface area contributed by atoms with Crippen LogP contribution in [0, 0.1) is 0 Å². The van der Waals surface area contributed by atoms with Gasteiger partial charge in [0.2, 0.25) is 0 Å². The topological polar surface area (TPSA) is 51.6 Å². The minimum Gasteiger partial charge on any atom is -0.256 e. The lowest BCUT2D eigenvalue weighted by Crippen LogP contribution is -2.15. The highest BCUT2D eigenvalue weighted by Gasteiger charge is 2.40.